The summed E-state index contributed by atoms with van der Waals surface area (Å²) in [7, 11) is 1.59. The summed E-state index contributed by atoms with van der Waals surface area (Å²) < 4.78 is 4.91. The van der Waals surface area contributed by atoms with E-state index < -0.39 is 0 Å². The van der Waals surface area contributed by atoms with Gasteiger partial charge in [0.05, 0.1) is 7.11 Å². The maximum Gasteiger partial charge on any atom is 0.111 e. The zero-order chi connectivity index (χ0) is 11.8. The third-order valence-corrected chi connectivity index (χ3v) is 2.09. The van der Waals surface area contributed by atoms with Crippen molar-refractivity contribution in [3.8, 4) is 0 Å². The number of allylic oxidation sites excluding steroid dienone is 2. The van der Waals surface area contributed by atoms with Gasteiger partial charge in [-0.05, 0) is 17.7 Å². The van der Waals surface area contributed by atoms with E-state index in [-0.39, 0.29) is 0 Å². The maximum atomic E-state index is 4.91. The molecule has 0 aliphatic rings. The Kier molecular flexibility index (Phi) is 4.93. The third-order valence-electron chi connectivity index (χ3n) is 2.09. The molecule has 0 saturated carbocycles. The van der Waals surface area contributed by atoms with E-state index in [1.165, 1.54) is 5.56 Å². The standard InChI is InChI=1S/C14H17NO/c1-12(9-10-13(2)16-3)15-11-14-7-5-4-6-8-14/h4-10,15H,1-2,11H2,3H3/b10-9-. The van der Waals surface area contributed by atoms with Crippen molar-refractivity contribution >= 4 is 0 Å². The van der Waals surface area contributed by atoms with Gasteiger partial charge in [0, 0.05) is 12.2 Å². The minimum absolute atomic E-state index is 0.614. The Balaban J connectivity index is 2.36. The number of nitrogens with one attached hydrogen (secondary N) is 1. The minimum Gasteiger partial charge on any atom is -0.497 e. The van der Waals surface area contributed by atoms with Crippen LogP contribution in [0.3, 0.4) is 0 Å². The van der Waals surface area contributed by atoms with Crippen LogP contribution < -0.4 is 5.32 Å². The summed E-state index contributed by atoms with van der Waals surface area (Å²) in [5.74, 6) is 0.614. The first kappa shape index (κ1) is 12.1. The molecule has 0 saturated heterocycles. The normalized spacial score (nSPS) is 10.1. The van der Waals surface area contributed by atoms with Gasteiger partial charge >= 0.3 is 0 Å². The molecule has 84 valence electrons. The lowest BCUT2D eigenvalue weighted by Gasteiger charge is -2.05. The maximum absolute atomic E-state index is 4.91. The molecule has 0 atom stereocenters. The number of hydrogen-bond donors (Lipinski definition) is 1. The molecule has 1 aromatic rings. The molecule has 0 spiro atoms. The molecule has 0 aliphatic heterocycles. The summed E-state index contributed by atoms with van der Waals surface area (Å²) in [6, 6.07) is 10.2. The molecule has 0 radical (unpaired) electrons. The highest BCUT2D eigenvalue weighted by molar-refractivity contribution is 5.21. The second-order valence-electron chi connectivity index (χ2n) is 3.37. The highest BCUT2D eigenvalue weighted by Gasteiger charge is 1.91. The van der Waals surface area contributed by atoms with Crippen LogP contribution in [0.5, 0.6) is 0 Å². The summed E-state index contributed by atoms with van der Waals surface area (Å²) in [5.41, 5.74) is 2.06. The fraction of sp³-hybridized carbons (Fsp3) is 0.143. The summed E-state index contributed by atoms with van der Waals surface area (Å²) in [6.45, 7) is 8.33. The molecule has 0 fully saturated rings. The Morgan fingerprint density at radius 1 is 1.25 bits per heavy atom. The lowest BCUT2D eigenvalue weighted by Crippen LogP contribution is -2.09. The molecule has 2 heteroatoms. The monoisotopic (exact) mass is 215 g/mol. The van der Waals surface area contributed by atoms with E-state index in [1.807, 2.05) is 24.3 Å². The molecular weight excluding hydrogens is 198 g/mol. The van der Waals surface area contributed by atoms with Crippen molar-refractivity contribution in [2.75, 3.05) is 7.11 Å². The minimum atomic E-state index is 0.614. The van der Waals surface area contributed by atoms with E-state index in [9.17, 15) is 0 Å². The third kappa shape index (κ3) is 4.51. The number of hydrogen-bond acceptors (Lipinski definition) is 2. The van der Waals surface area contributed by atoms with Gasteiger partial charge in [-0.3, -0.25) is 0 Å². The second-order valence-corrected chi connectivity index (χ2v) is 3.37. The van der Waals surface area contributed by atoms with Crippen LogP contribution in [0.15, 0.2) is 67.1 Å². The van der Waals surface area contributed by atoms with Crippen LogP contribution in [-0.4, -0.2) is 7.11 Å². The number of rotatable bonds is 6. The highest BCUT2D eigenvalue weighted by Crippen LogP contribution is 2.00. The Morgan fingerprint density at radius 3 is 2.56 bits per heavy atom. The van der Waals surface area contributed by atoms with Crippen molar-refractivity contribution in [3.63, 3.8) is 0 Å². The van der Waals surface area contributed by atoms with Gasteiger partial charge in [-0.25, -0.2) is 0 Å². The molecule has 0 unspecified atom stereocenters. The first-order valence-electron chi connectivity index (χ1n) is 5.10. The Labute approximate surface area is 96.9 Å². The van der Waals surface area contributed by atoms with Gasteiger partial charge in [-0.15, -0.1) is 0 Å². The molecule has 1 N–H and O–H groups in total. The van der Waals surface area contributed by atoms with E-state index in [4.69, 9.17) is 4.74 Å². The average Bonchev–Trinajstić information content (AvgIpc) is 2.34. The van der Waals surface area contributed by atoms with Gasteiger partial charge in [0.2, 0.25) is 0 Å². The topological polar surface area (TPSA) is 21.3 Å². The van der Waals surface area contributed by atoms with Crippen molar-refractivity contribution in [2.24, 2.45) is 0 Å². The van der Waals surface area contributed by atoms with E-state index in [0.29, 0.717) is 5.76 Å². The second kappa shape index (κ2) is 6.51. The molecule has 16 heavy (non-hydrogen) atoms. The first-order chi connectivity index (χ1) is 7.72. The number of methoxy groups -OCH3 is 1. The number of benzene rings is 1. The van der Waals surface area contributed by atoms with Crippen molar-refractivity contribution in [1.82, 2.24) is 5.32 Å². The summed E-state index contributed by atoms with van der Waals surface area (Å²) in [6.07, 6.45) is 3.62. The zero-order valence-electron chi connectivity index (χ0n) is 9.57. The van der Waals surface area contributed by atoms with Crippen molar-refractivity contribution in [3.05, 3.63) is 72.7 Å². The largest absolute Gasteiger partial charge is 0.497 e. The first-order valence-corrected chi connectivity index (χ1v) is 5.10. The van der Waals surface area contributed by atoms with Crippen LogP contribution in [0.2, 0.25) is 0 Å². The molecular formula is C14H17NO. The van der Waals surface area contributed by atoms with Gasteiger partial charge in [0.15, 0.2) is 0 Å². The van der Waals surface area contributed by atoms with Crippen molar-refractivity contribution in [1.29, 1.82) is 0 Å². The Bertz CT molecular complexity index is 379. The predicted octanol–water partition coefficient (Wildman–Crippen LogP) is 3.01. The quantitative estimate of drug-likeness (QED) is 0.582. The summed E-state index contributed by atoms with van der Waals surface area (Å²) in [4.78, 5) is 0. The predicted molar refractivity (Wildman–Crippen MR) is 67.7 cm³/mol. The average molecular weight is 215 g/mol. The molecule has 1 aromatic carbocycles. The van der Waals surface area contributed by atoms with Crippen LogP contribution in [0.25, 0.3) is 0 Å². The SMILES string of the molecule is C=C(/C=C\C(=C)OC)NCc1ccccc1. The highest BCUT2D eigenvalue weighted by atomic mass is 16.5. The van der Waals surface area contributed by atoms with E-state index in [1.54, 1.807) is 13.2 Å². The van der Waals surface area contributed by atoms with Crippen molar-refractivity contribution < 1.29 is 4.74 Å². The van der Waals surface area contributed by atoms with Gasteiger partial charge in [0.1, 0.15) is 5.76 Å². The summed E-state index contributed by atoms with van der Waals surface area (Å²) >= 11 is 0. The fourth-order valence-corrected chi connectivity index (χ4v) is 1.13. The molecule has 0 heterocycles. The lowest BCUT2D eigenvalue weighted by molar-refractivity contribution is 0.309. The van der Waals surface area contributed by atoms with Crippen LogP contribution >= 0.6 is 0 Å². The van der Waals surface area contributed by atoms with Gasteiger partial charge in [0.25, 0.3) is 0 Å². The number of ether oxygens (including phenoxy) is 1. The van der Waals surface area contributed by atoms with Crippen molar-refractivity contribution in [2.45, 2.75) is 6.54 Å². The molecule has 2 nitrogen and oxygen atoms in total. The smallest absolute Gasteiger partial charge is 0.111 e. The van der Waals surface area contributed by atoms with Gasteiger partial charge in [-0.2, -0.15) is 0 Å². The van der Waals surface area contributed by atoms with Crippen LogP contribution in [0, 0.1) is 0 Å². The molecule has 0 bridgehead atoms. The lowest BCUT2D eigenvalue weighted by atomic mass is 10.2. The fourth-order valence-electron chi connectivity index (χ4n) is 1.13. The molecule has 0 aromatic heterocycles. The van der Waals surface area contributed by atoms with Gasteiger partial charge < -0.3 is 10.1 Å². The molecule has 0 aliphatic carbocycles. The van der Waals surface area contributed by atoms with E-state index in [2.05, 4.69) is 30.6 Å². The zero-order valence-corrected chi connectivity index (χ0v) is 9.57. The Morgan fingerprint density at radius 2 is 1.94 bits per heavy atom. The Hall–Kier alpha value is -1.96. The van der Waals surface area contributed by atoms with Crippen LogP contribution in [0.1, 0.15) is 5.56 Å². The molecule has 1 rings (SSSR count). The van der Waals surface area contributed by atoms with E-state index in [0.717, 1.165) is 12.2 Å². The summed E-state index contributed by atoms with van der Waals surface area (Å²) in [5, 5.41) is 3.20. The van der Waals surface area contributed by atoms with Gasteiger partial charge in [-0.1, -0.05) is 43.5 Å². The van der Waals surface area contributed by atoms with Crippen LogP contribution in [0.4, 0.5) is 0 Å². The van der Waals surface area contributed by atoms with Crippen LogP contribution in [-0.2, 0) is 11.3 Å². The van der Waals surface area contributed by atoms with E-state index >= 15 is 0 Å². The molecule has 0 amide bonds.